The fourth-order valence-corrected chi connectivity index (χ4v) is 12.1. The second kappa shape index (κ2) is 18.3. The molecule has 0 unspecified atom stereocenters. The Labute approximate surface area is 442 Å². The first kappa shape index (κ1) is 46.1. The fourth-order valence-electron chi connectivity index (χ4n) is 12.1. The maximum atomic E-state index is 10.7. The summed E-state index contributed by atoms with van der Waals surface area (Å²) in [5, 5.41) is 15.3. The van der Waals surface area contributed by atoms with E-state index in [2.05, 4.69) is 190 Å². The average molecular weight is 977 g/mol. The van der Waals surface area contributed by atoms with Gasteiger partial charge in [0.2, 0.25) is 0 Å². The SMILES string of the molecule is Cc1cc(C)c(-c2ccc3c(c2)c2ccccc2n3-c2ccc(-c3nc(-c4ccccc4)nc(-c4ccccc4)n3)cc2-c2ccc(C#N)cc2-n2c3ccccc3c3cc(-c4c(C)cc(C)cc4C)ccc32)c(C)c1. The molecule has 6 heteroatoms. The summed E-state index contributed by atoms with van der Waals surface area (Å²) in [6, 6.07) is 75.7. The van der Waals surface area contributed by atoms with Gasteiger partial charge in [0.1, 0.15) is 0 Å². The molecule has 362 valence electrons. The predicted octanol–water partition coefficient (Wildman–Crippen LogP) is 17.8. The van der Waals surface area contributed by atoms with Crippen LogP contribution in [0.15, 0.2) is 206 Å². The number of para-hydroxylation sites is 2. The van der Waals surface area contributed by atoms with E-state index in [1.165, 1.54) is 55.6 Å². The molecule has 0 atom stereocenters. The van der Waals surface area contributed by atoms with Crippen LogP contribution in [-0.2, 0) is 0 Å². The van der Waals surface area contributed by atoms with Crippen molar-refractivity contribution in [2.24, 2.45) is 0 Å². The number of aryl methyl sites for hydroxylation is 6. The van der Waals surface area contributed by atoms with E-state index in [1.807, 2.05) is 72.8 Å². The van der Waals surface area contributed by atoms with Gasteiger partial charge in [-0.25, -0.2) is 15.0 Å². The van der Waals surface area contributed by atoms with Gasteiger partial charge in [-0.2, -0.15) is 5.26 Å². The van der Waals surface area contributed by atoms with Crippen molar-refractivity contribution in [3.05, 3.63) is 245 Å². The molecule has 0 aliphatic heterocycles. The van der Waals surface area contributed by atoms with Gasteiger partial charge in [-0.05, 0) is 153 Å². The second-order valence-electron chi connectivity index (χ2n) is 20.3. The van der Waals surface area contributed by atoms with Crippen LogP contribution < -0.4 is 0 Å². The lowest BCUT2D eigenvalue weighted by Crippen LogP contribution is -2.04. The molecule has 13 aromatic rings. The topological polar surface area (TPSA) is 72.3 Å². The summed E-state index contributed by atoms with van der Waals surface area (Å²) in [4.78, 5) is 15.5. The van der Waals surface area contributed by atoms with Gasteiger partial charge in [0, 0.05) is 49.4 Å². The number of rotatable bonds is 8. The van der Waals surface area contributed by atoms with Crippen molar-refractivity contribution >= 4 is 43.6 Å². The van der Waals surface area contributed by atoms with E-state index in [-0.39, 0.29) is 0 Å². The Kier molecular flexibility index (Phi) is 11.1. The number of nitrogens with zero attached hydrogens (tertiary/aromatic N) is 6. The first-order chi connectivity index (χ1) is 37.1. The van der Waals surface area contributed by atoms with Crippen LogP contribution in [0.3, 0.4) is 0 Å². The molecule has 0 aliphatic carbocycles. The van der Waals surface area contributed by atoms with Crippen molar-refractivity contribution in [3.8, 4) is 85.0 Å². The molecular formula is C70H52N6. The highest BCUT2D eigenvalue weighted by Gasteiger charge is 2.24. The van der Waals surface area contributed by atoms with Crippen LogP contribution >= 0.6 is 0 Å². The Morgan fingerprint density at radius 2 is 0.750 bits per heavy atom. The Morgan fingerprint density at radius 1 is 0.329 bits per heavy atom. The van der Waals surface area contributed by atoms with Gasteiger partial charge in [0.15, 0.2) is 17.5 Å². The number of hydrogen-bond acceptors (Lipinski definition) is 4. The highest BCUT2D eigenvalue weighted by molar-refractivity contribution is 6.13. The quantitative estimate of drug-likeness (QED) is 0.152. The molecule has 0 saturated heterocycles. The van der Waals surface area contributed by atoms with Crippen molar-refractivity contribution in [1.82, 2.24) is 24.1 Å². The van der Waals surface area contributed by atoms with Crippen molar-refractivity contribution in [3.63, 3.8) is 0 Å². The van der Waals surface area contributed by atoms with E-state index in [1.54, 1.807) is 0 Å². The zero-order valence-corrected chi connectivity index (χ0v) is 43.3. The molecule has 0 radical (unpaired) electrons. The van der Waals surface area contributed by atoms with Gasteiger partial charge >= 0.3 is 0 Å². The van der Waals surface area contributed by atoms with Crippen LogP contribution in [0, 0.1) is 52.9 Å². The second-order valence-corrected chi connectivity index (χ2v) is 20.3. The molecule has 13 rings (SSSR count). The summed E-state index contributed by atoms with van der Waals surface area (Å²) in [6.45, 7) is 13.2. The Morgan fingerprint density at radius 3 is 1.24 bits per heavy atom. The smallest absolute Gasteiger partial charge is 0.164 e. The lowest BCUT2D eigenvalue weighted by atomic mass is 9.93. The third-order valence-electron chi connectivity index (χ3n) is 15.1. The van der Waals surface area contributed by atoms with Gasteiger partial charge < -0.3 is 9.13 Å². The third kappa shape index (κ3) is 7.75. The van der Waals surface area contributed by atoms with Crippen molar-refractivity contribution in [1.29, 1.82) is 5.26 Å². The minimum absolute atomic E-state index is 0.553. The van der Waals surface area contributed by atoms with Crippen molar-refractivity contribution in [2.75, 3.05) is 0 Å². The third-order valence-corrected chi connectivity index (χ3v) is 15.1. The molecule has 0 aliphatic rings. The van der Waals surface area contributed by atoms with Gasteiger partial charge in [-0.1, -0.05) is 151 Å². The Hall–Kier alpha value is -9.70. The van der Waals surface area contributed by atoms with E-state index >= 15 is 0 Å². The molecule has 0 amide bonds. The first-order valence-corrected chi connectivity index (χ1v) is 25.9. The van der Waals surface area contributed by atoms with Crippen molar-refractivity contribution in [2.45, 2.75) is 41.5 Å². The normalized spacial score (nSPS) is 11.5. The molecular weight excluding hydrogens is 925 g/mol. The zero-order valence-electron chi connectivity index (χ0n) is 43.3. The summed E-state index contributed by atoms with van der Waals surface area (Å²) < 4.78 is 4.76. The van der Waals surface area contributed by atoms with Crippen LogP contribution in [0.2, 0.25) is 0 Å². The van der Waals surface area contributed by atoms with Gasteiger partial charge in [-0.3, -0.25) is 0 Å². The monoisotopic (exact) mass is 976 g/mol. The van der Waals surface area contributed by atoms with E-state index in [0.29, 0.717) is 23.0 Å². The minimum atomic E-state index is 0.553. The molecule has 3 aromatic heterocycles. The van der Waals surface area contributed by atoms with E-state index in [0.717, 1.165) is 82.8 Å². The molecule has 0 bridgehead atoms. The number of aromatic nitrogens is 5. The summed E-state index contributed by atoms with van der Waals surface area (Å²) in [5.74, 6) is 1.73. The molecule has 10 aromatic carbocycles. The standard InChI is InChI=1S/C70H52N6/c1-42-33-44(3)66(45(4)34-42)51-26-30-62-57(38-51)54-21-13-15-23-60(54)75(62)63-32-28-53(70-73-68(49-17-9-7-10-18-49)72-69(74-70)50-19-11-8-12-20-50)40-59(63)56-29-25-48(41-71)37-65(56)76-61-24-16-14-22-55(61)58-39-52(27-31-64(58)76)67-46(5)35-43(2)36-47(67)6/h7-40H,1-6H3. The largest absolute Gasteiger partial charge is 0.309 e. The average Bonchev–Trinajstić information content (AvgIpc) is 4.03. The Balaban J connectivity index is 1.11. The lowest BCUT2D eigenvalue weighted by molar-refractivity contribution is 1.07. The summed E-state index contributed by atoms with van der Waals surface area (Å²) in [5.41, 5.74) is 23.6. The molecule has 6 nitrogen and oxygen atoms in total. The first-order valence-electron chi connectivity index (χ1n) is 25.9. The van der Waals surface area contributed by atoms with E-state index in [4.69, 9.17) is 15.0 Å². The van der Waals surface area contributed by atoms with E-state index in [9.17, 15) is 5.26 Å². The van der Waals surface area contributed by atoms with Crippen LogP contribution in [0.5, 0.6) is 0 Å². The van der Waals surface area contributed by atoms with Gasteiger partial charge in [0.25, 0.3) is 0 Å². The minimum Gasteiger partial charge on any atom is -0.309 e. The molecule has 0 fully saturated rings. The zero-order chi connectivity index (χ0) is 51.8. The van der Waals surface area contributed by atoms with Crippen LogP contribution in [0.1, 0.15) is 38.9 Å². The maximum absolute atomic E-state index is 10.7. The molecule has 76 heavy (non-hydrogen) atoms. The number of benzene rings is 10. The predicted molar refractivity (Wildman–Crippen MR) is 314 cm³/mol. The molecule has 0 spiro atoms. The maximum Gasteiger partial charge on any atom is 0.164 e. The highest BCUT2D eigenvalue weighted by atomic mass is 15.0. The summed E-state index contributed by atoms with van der Waals surface area (Å²) in [6.07, 6.45) is 0. The number of hydrogen-bond donors (Lipinski definition) is 0. The molecule has 3 heterocycles. The van der Waals surface area contributed by atoms with E-state index < -0.39 is 0 Å². The lowest BCUT2D eigenvalue weighted by Gasteiger charge is -2.20. The highest BCUT2D eigenvalue weighted by Crippen LogP contribution is 2.44. The van der Waals surface area contributed by atoms with Crippen molar-refractivity contribution < 1.29 is 0 Å². The van der Waals surface area contributed by atoms with Gasteiger partial charge in [0.05, 0.1) is 45.1 Å². The summed E-state index contributed by atoms with van der Waals surface area (Å²) in [7, 11) is 0. The van der Waals surface area contributed by atoms with Crippen LogP contribution in [0.25, 0.3) is 123 Å². The molecule has 0 N–H and O–H groups in total. The fraction of sp³-hybridized carbons (Fsp3) is 0.0857. The number of nitriles is 1. The van der Waals surface area contributed by atoms with Crippen LogP contribution in [-0.4, -0.2) is 24.1 Å². The van der Waals surface area contributed by atoms with Gasteiger partial charge in [-0.15, -0.1) is 0 Å². The summed E-state index contributed by atoms with van der Waals surface area (Å²) >= 11 is 0. The van der Waals surface area contributed by atoms with Crippen LogP contribution in [0.4, 0.5) is 0 Å². The Bertz CT molecular complexity index is 4430. The number of fused-ring (bicyclic) bond motifs is 6. The molecule has 0 saturated carbocycles.